The van der Waals surface area contributed by atoms with Gasteiger partial charge in [-0.15, -0.1) is 0 Å². The Morgan fingerprint density at radius 3 is 3.00 bits per heavy atom. The molecule has 0 atom stereocenters. The lowest BCUT2D eigenvalue weighted by atomic mass is 10.1. The summed E-state index contributed by atoms with van der Waals surface area (Å²) in [5.41, 5.74) is 2.70. The zero-order valence-electron chi connectivity index (χ0n) is 9.22. The van der Waals surface area contributed by atoms with Crippen LogP contribution in [0.15, 0.2) is 22.8 Å². The van der Waals surface area contributed by atoms with Crippen molar-refractivity contribution < 1.29 is 8.81 Å². The van der Waals surface area contributed by atoms with Gasteiger partial charge in [0.2, 0.25) is 0 Å². The number of furan rings is 1. The first kappa shape index (κ1) is 9.85. The molecule has 16 heavy (non-hydrogen) atoms. The van der Waals surface area contributed by atoms with Crippen LogP contribution in [0.2, 0.25) is 0 Å². The zero-order chi connectivity index (χ0) is 11.1. The summed E-state index contributed by atoms with van der Waals surface area (Å²) < 4.78 is 18.8. The molecule has 1 saturated carbocycles. The highest BCUT2D eigenvalue weighted by Crippen LogP contribution is 2.26. The summed E-state index contributed by atoms with van der Waals surface area (Å²) in [6, 6.07) is 3.71. The molecule has 1 fully saturated rings. The Morgan fingerprint density at radius 2 is 2.25 bits per heavy atom. The van der Waals surface area contributed by atoms with Gasteiger partial charge in [-0.1, -0.05) is 0 Å². The lowest BCUT2D eigenvalue weighted by molar-refractivity contribution is 0.596. The molecule has 0 radical (unpaired) electrons. The number of aryl methyl sites for hydroxylation is 1. The van der Waals surface area contributed by atoms with E-state index < -0.39 is 0 Å². The molecule has 0 bridgehead atoms. The van der Waals surface area contributed by atoms with E-state index in [2.05, 4.69) is 5.32 Å². The van der Waals surface area contributed by atoms with Crippen LogP contribution in [0, 0.1) is 12.7 Å². The van der Waals surface area contributed by atoms with E-state index in [0.717, 1.165) is 28.6 Å². The first-order chi connectivity index (χ1) is 7.74. The smallest absolute Gasteiger partial charge is 0.137 e. The summed E-state index contributed by atoms with van der Waals surface area (Å²) in [7, 11) is 0. The van der Waals surface area contributed by atoms with Gasteiger partial charge in [0.1, 0.15) is 11.4 Å². The van der Waals surface area contributed by atoms with Crippen LogP contribution >= 0.6 is 0 Å². The van der Waals surface area contributed by atoms with Crippen molar-refractivity contribution in [2.45, 2.75) is 32.4 Å². The van der Waals surface area contributed by atoms with Gasteiger partial charge in [-0.05, 0) is 37.5 Å². The van der Waals surface area contributed by atoms with Gasteiger partial charge in [0.25, 0.3) is 0 Å². The van der Waals surface area contributed by atoms with Crippen molar-refractivity contribution in [2.75, 3.05) is 0 Å². The molecule has 0 unspecified atom stereocenters. The van der Waals surface area contributed by atoms with Crippen LogP contribution in [0.1, 0.15) is 24.0 Å². The Bertz CT molecular complexity index is 528. The summed E-state index contributed by atoms with van der Waals surface area (Å²) in [6.07, 6.45) is 4.23. The lowest BCUT2D eigenvalue weighted by Gasteiger charge is -2.01. The minimum absolute atomic E-state index is 0.195. The monoisotopic (exact) mass is 219 g/mol. The van der Waals surface area contributed by atoms with Crippen LogP contribution < -0.4 is 5.32 Å². The third kappa shape index (κ3) is 1.71. The van der Waals surface area contributed by atoms with Gasteiger partial charge in [-0.3, -0.25) is 0 Å². The molecule has 0 saturated heterocycles. The van der Waals surface area contributed by atoms with E-state index in [-0.39, 0.29) is 5.82 Å². The molecule has 2 nitrogen and oxygen atoms in total. The highest BCUT2D eigenvalue weighted by molar-refractivity contribution is 5.83. The normalized spacial score (nSPS) is 15.9. The maximum atomic E-state index is 13.3. The summed E-state index contributed by atoms with van der Waals surface area (Å²) in [5, 5.41) is 4.30. The van der Waals surface area contributed by atoms with E-state index in [1.807, 2.05) is 6.92 Å². The Hall–Kier alpha value is -1.35. The number of rotatable bonds is 3. The Balaban J connectivity index is 1.97. The predicted octanol–water partition coefficient (Wildman–Crippen LogP) is 3.13. The van der Waals surface area contributed by atoms with E-state index in [9.17, 15) is 4.39 Å². The average molecular weight is 219 g/mol. The standard InChI is InChI=1S/C13H14FNO/c1-8-4-10(14)5-12-9(7-16-13(8)12)6-15-11-2-3-11/h4-5,7,11,15H,2-3,6H2,1H3. The number of hydrogen-bond acceptors (Lipinski definition) is 2. The van der Waals surface area contributed by atoms with Crippen molar-refractivity contribution in [3.63, 3.8) is 0 Å². The minimum atomic E-state index is -0.195. The van der Waals surface area contributed by atoms with E-state index in [0.29, 0.717) is 6.04 Å². The molecule has 3 heteroatoms. The van der Waals surface area contributed by atoms with Gasteiger partial charge in [0.15, 0.2) is 0 Å². The number of nitrogens with one attached hydrogen (secondary N) is 1. The van der Waals surface area contributed by atoms with Crippen LogP contribution in [-0.2, 0) is 6.54 Å². The SMILES string of the molecule is Cc1cc(F)cc2c(CNC3CC3)coc12. The Kier molecular flexibility index (Phi) is 2.21. The van der Waals surface area contributed by atoms with Gasteiger partial charge in [-0.2, -0.15) is 0 Å². The fourth-order valence-corrected chi connectivity index (χ4v) is 2.00. The third-order valence-corrected chi connectivity index (χ3v) is 3.06. The molecule has 1 N–H and O–H groups in total. The van der Waals surface area contributed by atoms with E-state index in [4.69, 9.17) is 4.42 Å². The summed E-state index contributed by atoms with van der Waals surface area (Å²) in [6.45, 7) is 2.63. The highest BCUT2D eigenvalue weighted by atomic mass is 19.1. The summed E-state index contributed by atoms with van der Waals surface area (Å²) in [4.78, 5) is 0. The van der Waals surface area contributed by atoms with Crippen LogP contribution in [-0.4, -0.2) is 6.04 Å². The maximum Gasteiger partial charge on any atom is 0.137 e. The van der Waals surface area contributed by atoms with E-state index >= 15 is 0 Å². The fourth-order valence-electron chi connectivity index (χ4n) is 2.00. The van der Waals surface area contributed by atoms with Crippen molar-refractivity contribution in [3.8, 4) is 0 Å². The van der Waals surface area contributed by atoms with Crippen molar-refractivity contribution in [2.24, 2.45) is 0 Å². The minimum Gasteiger partial charge on any atom is -0.464 e. The average Bonchev–Trinajstić information content (AvgIpc) is 2.97. The second kappa shape index (κ2) is 3.59. The molecule has 0 amide bonds. The molecule has 2 aromatic rings. The molecular formula is C13H14FNO. The quantitative estimate of drug-likeness (QED) is 0.858. The molecule has 1 aromatic carbocycles. The van der Waals surface area contributed by atoms with E-state index in [1.165, 1.54) is 18.9 Å². The van der Waals surface area contributed by atoms with Gasteiger partial charge < -0.3 is 9.73 Å². The Labute approximate surface area is 93.4 Å². The molecule has 1 aliphatic carbocycles. The molecule has 0 spiro atoms. The molecule has 1 aromatic heterocycles. The van der Waals surface area contributed by atoms with Crippen LogP contribution in [0.3, 0.4) is 0 Å². The van der Waals surface area contributed by atoms with Crippen molar-refractivity contribution in [1.29, 1.82) is 0 Å². The van der Waals surface area contributed by atoms with Gasteiger partial charge in [-0.25, -0.2) is 4.39 Å². The molecule has 84 valence electrons. The molecular weight excluding hydrogens is 205 g/mol. The fraction of sp³-hybridized carbons (Fsp3) is 0.385. The first-order valence-corrected chi connectivity index (χ1v) is 5.63. The third-order valence-electron chi connectivity index (χ3n) is 3.06. The molecule has 3 rings (SSSR count). The van der Waals surface area contributed by atoms with E-state index in [1.54, 1.807) is 12.3 Å². The van der Waals surface area contributed by atoms with Crippen LogP contribution in [0.4, 0.5) is 4.39 Å². The summed E-state index contributed by atoms with van der Waals surface area (Å²) >= 11 is 0. The number of fused-ring (bicyclic) bond motifs is 1. The lowest BCUT2D eigenvalue weighted by Crippen LogP contribution is -2.14. The Morgan fingerprint density at radius 1 is 1.44 bits per heavy atom. The van der Waals surface area contributed by atoms with Gasteiger partial charge >= 0.3 is 0 Å². The summed E-state index contributed by atoms with van der Waals surface area (Å²) in [5.74, 6) is -0.195. The maximum absolute atomic E-state index is 13.3. The zero-order valence-corrected chi connectivity index (χ0v) is 9.22. The second-order valence-electron chi connectivity index (χ2n) is 4.52. The molecule has 0 aliphatic heterocycles. The van der Waals surface area contributed by atoms with Crippen molar-refractivity contribution in [3.05, 3.63) is 35.3 Å². The van der Waals surface area contributed by atoms with Crippen LogP contribution in [0.5, 0.6) is 0 Å². The second-order valence-corrected chi connectivity index (χ2v) is 4.52. The number of benzene rings is 1. The van der Waals surface area contributed by atoms with Crippen molar-refractivity contribution in [1.82, 2.24) is 5.32 Å². The van der Waals surface area contributed by atoms with Crippen molar-refractivity contribution >= 4 is 11.0 Å². The number of hydrogen-bond donors (Lipinski definition) is 1. The first-order valence-electron chi connectivity index (χ1n) is 5.63. The largest absolute Gasteiger partial charge is 0.464 e. The van der Waals surface area contributed by atoms with Crippen LogP contribution in [0.25, 0.3) is 11.0 Å². The molecule has 1 aliphatic rings. The molecule has 1 heterocycles. The van der Waals surface area contributed by atoms with Gasteiger partial charge in [0.05, 0.1) is 6.26 Å². The topological polar surface area (TPSA) is 25.2 Å². The van der Waals surface area contributed by atoms with Gasteiger partial charge in [0, 0.05) is 23.5 Å². The predicted molar refractivity (Wildman–Crippen MR) is 60.8 cm³/mol. The number of halogens is 1. The highest BCUT2D eigenvalue weighted by Gasteiger charge is 2.21.